The molecule has 2 atom stereocenters. The van der Waals surface area contributed by atoms with E-state index in [1.165, 1.54) is 30.6 Å². The summed E-state index contributed by atoms with van der Waals surface area (Å²) in [6, 6.07) is 9.34. The molecule has 0 bridgehead atoms. The molecule has 0 saturated carbocycles. The molecule has 2 rings (SSSR count). The Balaban J connectivity index is 2.15. The topological polar surface area (TPSA) is 29.3 Å². The van der Waals surface area contributed by atoms with E-state index in [2.05, 4.69) is 43.0 Å². The van der Waals surface area contributed by atoms with Crippen molar-refractivity contribution >= 4 is 5.69 Å². The number of piperidine rings is 1. The van der Waals surface area contributed by atoms with Crippen molar-refractivity contribution in [1.82, 2.24) is 0 Å². The van der Waals surface area contributed by atoms with Gasteiger partial charge >= 0.3 is 0 Å². The van der Waals surface area contributed by atoms with Gasteiger partial charge in [-0.25, -0.2) is 0 Å². The molecule has 1 fully saturated rings. The Morgan fingerprint density at radius 2 is 1.94 bits per heavy atom. The fraction of sp³-hybridized carbons (Fsp3) is 0.571. The highest BCUT2D eigenvalue weighted by Gasteiger charge is 2.24. The van der Waals surface area contributed by atoms with Gasteiger partial charge in [0.25, 0.3) is 0 Å². The Labute approximate surface area is 98.4 Å². The van der Waals surface area contributed by atoms with E-state index in [-0.39, 0.29) is 0 Å². The summed E-state index contributed by atoms with van der Waals surface area (Å²) < 4.78 is 0. The zero-order valence-corrected chi connectivity index (χ0v) is 10.3. The molecule has 88 valence electrons. The van der Waals surface area contributed by atoms with Crippen LogP contribution in [0.15, 0.2) is 24.3 Å². The highest BCUT2D eigenvalue weighted by atomic mass is 15.2. The number of nitrogens with two attached hydrogens (primary N) is 1. The lowest BCUT2D eigenvalue weighted by Crippen LogP contribution is -2.42. The molecule has 1 aromatic carbocycles. The highest BCUT2D eigenvalue weighted by Crippen LogP contribution is 2.28. The number of hydrogen-bond acceptors (Lipinski definition) is 2. The second-order valence-corrected chi connectivity index (χ2v) is 4.92. The molecule has 2 unspecified atom stereocenters. The maximum Gasteiger partial charge on any atom is 0.0368 e. The molecule has 0 spiro atoms. The monoisotopic (exact) mass is 218 g/mol. The Morgan fingerprint density at radius 3 is 2.56 bits per heavy atom. The van der Waals surface area contributed by atoms with Crippen molar-refractivity contribution in [2.24, 2.45) is 11.7 Å². The van der Waals surface area contributed by atoms with Crippen LogP contribution in [0.2, 0.25) is 0 Å². The average Bonchev–Trinajstić information content (AvgIpc) is 2.33. The van der Waals surface area contributed by atoms with Crippen LogP contribution in [0.25, 0.3) is 0 Å². The second kappa shape index (κ2) is 4.88. The summed E-state index contributed by atoms with van der Waals surface area (Å²) >= 11 is 0. The standard InChI is InChI=1S/C14H22N2/c1-11-4-3-9-16(12(11)2)14-7-5-13(10-15)6-8-14/h5-8,11-12H,3-4,9-10,15H2,1-2H3. The van der Waals surface area contributed by atoms with E-state index in [4.69, 9.17) is 5.73 Å². The number of hydrogen-bond donors (Lipinski definition) is 1. The van der Waals surface area contributed by atoms with Gasteiger partial charge in [-0.3, -0.25) is 0 Å². The number of benzene rings is 1. The molecule has 0 aliphatic carbocycles. The van der Waals surface area contributed by atoms with Crippen LogP contribution in [0.4, 0.5) is 5.69 Å². The van der Waals surface area contributed by atoms with Crippen molar-refractivity contribution in [3.63, 3.8) is 0 Å². The number of rotatable bonds is 2. The first-order valence-electron chi connectivity index (χ1n) is 6.28. The predicted octanol–water partition coefficient (Wildman–Crippen LogP) is 2.77. The van der Waals surface area contributed by atoms with Gasteiger partial charge in [0.1, 0.15) is 0 Å². The number of anilines is 1. The van der Waals surface area contributed by atoms with Gasteiger partial charge in [-0.2, -0.15) is 0 Å². The van der Waals surface area contributed by atoms with Crippen LogP contribution in [-0.2, 0) is 6.54 Å². The Bertz CT molecular complexity index is 331. The third kappa shape index (κ3) is 2.22. The van der Waals surface area contributed by atoms with E-state index in [1.807, 2.05) is 0 Å². The first-order valence-corrected chi connectivity index (χ1v) is 6.28. The molecule has 1 saturated heterocycles. The largest absolute Gasteiger partial charge is 0.369 e. The predicted molar refractivity (Wildman–Crippen MR) is 69.5 cm³/mol. The van der Waals surface area contributed by atoms with Crippen LogP contribution in [-0.4, -0.2) is 12.6 Å². The zero-order valence-electron chi connectivity index (χ0n) is 10.3. The van der Waals surface area contributed by atoms with Gasteiger partial charge in [-0.05, 0) is 43.4 Å². The quantitative estimate of drug-likeness (QED) is 0.827. The molecule has 1 aliphatic heterocycles. The maximum atomic E-state index is 5.61. The lowest BCUT2D eigenvalue weighted by Gasteiger charge is -2.39. The molecule has 0 amide bonds. The van der Waals surface area contributed by atoms with Crippen LogP contribution in [0.3, 0.4) is 0 Å². The summed E-state index contributed by atoms with van der Waals surface area (Å²) in [4.78, 5) is 2.52. The van der Waals surface area contributed by atoms with Crippen molar-refractivity contribution < 1.29 is 0 Å². The molecular weight excluding hydrogens is 196 g/mol. The maximum absolute atomic E-state index is 5.61. The summed E-state index contributed by atoms with van der Waals surface area (Å²) in [5.74, 6) is 0.794. The van der Waals surface area contributed by atoms with Crippen LogP contribution >= 0.6 is 0 Å². The van der Waals surface area contributed by atoms with Gasteiger partial charge in [0.2, 0.25) is 0 Å². The molecule has 1 aliphatic rings. The van der Waals surface area contributed by atoms with Crippen LogP contribution in [0.5, 0.6) is 0 Å². The second-order valence-electron chi connectivity index (χ2n) is 4.92. The summed E-state index contributed by atoms with van der Waals surface area (Å²) in [6.07, 6.45) is 2.67. The van der Waals surface area contributed by atoms with E-state index in [1.54, 1.807) is 0 Å². The van der Waals surface area contributed by atoms with E-state index >= 15 is 0 Å². The minimum absolute atomic E-state index is 0.631. The van der Waals surface area contributed by atoms with Gasteiger partial charge < -0.3 is 10.6 Å². The van der Waals surface area contributed by atoms with Crippen molar-refractivity contribution in [2.45, 2.75) is 39.3 Å². The molecule has 2 nitrogen and oxygen atoms in total. The Kier molecular flexibility index (Phi) is 3.49. The third-order valence-corrected chi connectivity index (χ3v) is 3.88. The van der Waals surface area contributed by atoms with E-state index < -0.39 is 0 Å². The summed E-state index contributed by atoms with van der Waals surface area (Å²) in [6.45, 7) is 6.51. The Hall–Kier alpha value is -1.02. The van der Waals surface area contributed by atoms with Gasteiger partial charge in [-0.15, -0.1) is 0 Å². The number of nitrogens with zero attached hydrogens (tertiary/aromatic N) is 1. The molecule has 2 heteroatoms. The first kappa shape index (κ1) is 11.5. The molecule has 1 aromatic rings. The summed E-state index contributed by atoms with van der Waals surface area (Å²) in [5.41, 5.74) is 8.17. The summed E-state index contributed by atoms with van der Waals surface area (Å²) in [5, 5.41) is 0. The fourth-order valence-electron chi connectivity index (χ4n) is 2.52. The molecular formula is C14H22N2. The van der Waals surface area contributed by atoms with Gasteiger partial charge in [0.15, 0.2) is 0 Å². The van der Waals surface area contributed by atoms with Crippen molar-refractivity contribution in [3.05, 3.63) is 29.8 Å². The van der Waals surface area contributed by atoms with Crippen molar-refractivity contribution in [1.29, 1.82) is 0 Å². The first-order chi connectivity index (χ1) is 7.72. The van der Waals surface area contributed by atoms with E-state index in [0.717, 1.165) is 5.92 Å². The normalized spacial score (nSPS) is 25.8. The Morgan fingerprint density at radius 1 is 1.25 bits per heavy atom. The SMILES string of the molecule is CC1CCCN(c2ccc(CN)cc2)C1C. The van der Waals surface area contributed by atoms with Crippen LogP contribution in [0.1, 0.15) is 32.3 Å². The fourth-order valence-corrected chi connectivity index (χ4v) is 2.52. The van der Waals surface area contributed by atoms with E-state index in [9.17, 15) is 0 Å². The molecule has 0 radical (unpaired) electrons. The van der Waals surface area contributed by atoms with Gasteiger partial charge in [-0.1, -0.05) is 19.1 Å². The zero-order chi connectivity index (χ0) is 11.5. The smallest absolute Gasteiger partial charge is 0.0368 e. The van der Waals surface area contributed by atoms with E-state index in [0.29, 0.717) is 12.6 Å². The van der Waals surface area contributed by atoms with Crippen LogP contribution < -0.4 is 10.6 Å². The highest BCUT2D eigenvalue weighted by molar-refractivity contribution is 5.49. The lowest BCUT2D eigenvalue weighted by atomic mass is 9.91. The molecule has 0 aromatic heterocycles. The van der Waals surface area contributed by atoms with Crippen molar-refractivity contribution in [3.8, 4) is 0 Å². The summed E-state index contributed by atoms with van der Waals surface area (Å²) in [7, 11) is 0. The minimum atomic E-state index is 0.631. The lowest BCUT2D eigenvalue weighted by molar-refractivity contribution is 0.363. The van der Waals surface area contributed by atoms with Gasteiger partial charge in [0.05, 0.1) is 0 Å². The molecule has 16 heavy (non-hydrogen) atoms. The minimum Gasteiger partial charge on any atom is -0.369 e. The van der Waals surface area contributed by atoms with Crippen molar-refractivity contribution in [2.75, 3.05) is 11.4 Å². The average molecular weight is 218 g/mol. The molecule has 1 heterocycles. The molecule has 2 N–H and O–H groups in total. The van der Waals surface area contributed by atoms with Crippen LogP contribution in [0, 0.1) is 5.92 Å². The third-order valence-electron chi connectivity index (χ3n) is 3.88. The van der Waals surface area contributed by atoms with Gasteiger partial charge in [0, 0.05) is 24.8 Å².